The van der Waals surface area contributed by atoms with E-state index >= 15 is 0 Å². The van der Waals surface area contributed by atoms with Crippen molar-refractivity contribution in [1.82, 2.24) is 9.78 Å². The number of carboxylic acid groups (broad SMARTS) is 1. The first kappa shape index (κ1) is 11.3. The van der Waals surface area contributed by atoms with Crippen molar-refractivity contribution < 1.29 is 19.4 Å². The molecular formula is C14H12N2O4. The fraction of sp³-hybridized carbons (Fsp3) is 0.286. The van der Waals surface area contributed by atoms with Gasteiger partial charge in [0.1, 0.15) is 0 Å². The predicted octanol–water partition coefficient (Wildman–Crippen LogP) is 2.18. The normalized spacial score (nSPS) is 16.4. The number of nitrogens with zero attached hydrogens (tertiary/aromatic N) is 2. The molecule has 2 heterocycles. The molecule has 1 aromatic carbocycles. The van der Waals surface area contributed by atoms with Gasteiger partial charge in [-0.3, -0.25) is 0 Å². The average molecular weight is 272 g/mol. The zero-order valence-corrected chi connectivity index (χ0v) is 10.6. The fourth-order valence-corrected chi connectivity index (χ4v) is 2.39. The van der Waals surface area contributed by atoms with Gasteiger partial charge in [0.05, 0.1) is 5.69 Å². The van der Waals surface area contributed by atoms with E-state index < -0.39 is 5.97 Å². The molecule has 0 radical (unpaired) electrons. The summed E-state index contributed by atoms with van der Waals surface area (Å²) in [5.41, 5.74) is 1.81. The molecule has 0 atom stereocenters. The van der Waals surface area contributed by atoms with Crippen LogP contribution in [0, 0.1) is 0 Å². The van der Waals surface area contributed by atoms with E-state index in [1.165, 1.54) is 0 Å². The standard InChI is InChI=1S/C14H12N2O4/c17-14(18)10-6-11(8-1-2-8)16(15-10)9-3-4-12-13(5-9)20-7-19-12/h3-6,8H,1-2,7H2,(H,17,18). The van der Waals surface area contributed by atoms with E-state index in [1.54, 1.807) is 10.7 Å². The van der Waals surface area contributed by atoms with Crippen LogP contribution in [0.15, 0.2) is 24.3 Å². The van der Waals surface area contributed by atoms with Gasteiger partial charge in [0, 0.05) is 17.7 Å². The zero-order chi connectivity index (χ0) is 13.7. The van der Waals surface area contributed by atoms with Crippen molar-refractivity contribution in [2.45, 2.75) is 18.8 Å². The van der Waals surface area contributed by atoms with Crippen molar-refractivity contribution in [3.05, 3.63) is 35.7 Å². The van der Waals surface area contributed by atoms with Crippen molar-refractivity contribution in [2.24, 2.45) is 0 Å². The van der Waals surface area contributed by atoms with Crippen LogP contribution in [-0.4, -0.2) is 27.6 Å². The lowest BCUT2D eigenvalue weighted by atomic mass is 10.2. The van der Waals surface area contributed by atoms with Crippen LogP contribution in [-0.2, 0) is 0 Å². The Kier molecular flexibility index (Phi) is 2.26. The summed E-state index contributed by atoms with van der Waals surface area (Å²) in [5, 5.41) is 13.3. The maximum Gasteiger partial charge on any atom is 0.356 e. The van der Waals surface area contributed by atoms with Crippen molar-refractivity contribution in [3.63, 3.8) is 0 Å². The number of hydrogen-bond acceptors (Lipinski definition) is 4. The number of carbonyl (C=O) groups is 1. The molecule has 0 spiro atoms. The molecule has 1 aliphatic carbocycles. The number of hydrogen-bond donors (Lipinski definition) is 1. The maximum atomic E-state index is 11.1. The summed E-state index contributed by atoms with van der Waals surface area (Å²) >= 11 is 0. The molecule has 2 aromatic rings. The van der Waals surface area contributed by atoms with Gasteiger partial charge in [-0.05, 0) is 31.0 Å². The third-order valence-corrected chi connectivity index (χ3v) is 3.55. The van der Waals surface area contributed by atoms with Gasteiger partial charge in [0.25, 0.3) is 0 Å². The SMILES string of the molecule is O=C(O)c1cc(C2CC2)n(-c2ccc3c(c2)OCO3)n1. The first-order valence-corrected chi connectivity index (χ1v) is 6.45. The minimum atomic E-state index is -1.01. The van der Waals surface area contributed by atoms with Crippen molar-refractivity contribution >= 4 is 5.97 Å². The molecule has 0 bridgehead atoms. The zero-order valence-electron chi connectivity index (χ0n) is 10.6. The molecule has 1 N–H and O–H groups in total. The summed E-state index contributed by atoms with van der Waals surface area (Å²) in [6.07, 6.45) is 2.16. The fourth-order valence-electron chi connectivity index (χ4n) is 2.39. The number of benzene rings is 1. The number of aromatic nitrogens is 2. The van der Waals surface area contributed by atoms with Crippen LogP contribution in [0.1, 0.15) is 34.9 Å². The molecule has 1 fully saturated rings. The number of ether oxygens (including phenoxy) is 2. The Morgan fingerprint density at radius 1 is 1.25 bits per heavy atom. The molecule has 2 aliphatic rings. The summed E-state index contributed by atoms with van der Waals surface area (Å²) in [5.74, 6) is 0.761. The number of aromatic carboxylic acids is 1. The van der Waals surface area contributed by atoms with E-state index in [-0.39, 0.29) is 12.5 Å². The summed E-state index contributed by atoms with van der Waals surface area (Å²) in [7, 11) is 0. The topological polar surface area (TPSA) is 73.6 Å². The Balaban J connectivity index is 1.82. The molecule has 0 amide bonds. The predicted molar refractivity (Wildman–Crippen MR) is 68.6 cm³/mol. The van der Waals surface area contributed by atoms with Gasteiger partial charge < -0.3 is 14.6 Å². The van der Waals surface area contributed by atoms with Gasteiger partial charge in [-0.1, -0.05) is 0 Å². The molecule has 4 rings (SSSR count). The minimum Gasteiger partial charge on any atom is -0.476 e. The lowest BCUT2D eigenvalue weighted by molar-refractivity contribution is 0.0690. The Bertz CT molecular complexity index is 703. The Labute approximate surface area is 114 Å². The van der Waals surface area contributed by atoms with Crippen LogP contribution in [0.2, 0.25) is 0 Å². The summed E-state index contributed by atoms with van der Waals surface area (Å²) in [6, 6.07) is 7.16. The maximum absolute atomic E-state index is 11.1. The van der Waals surface area contributed by atoms with E-state index in [9.17, 15) is 4.79 Å². The van der Waals surface area contributed by atoms with Crippen LogP contribution in [0.3, 0.4) is 0 Å². The molecule has 6 heteroatoms. The molecule has 1 aliphatic heterocycles. The van der Waals surface area contributed by atoms with Gasteiger partial charge in [0.2, 0.25) is 6.79 Å². The Morgan fingerprint density at radius 2 is 2.05 bits per heavy atom. The average Bonchev–Trinajstić information content (AvgIpc) is 3.02. The molecule has 0 unspecified atom stereocenters. The van der Waals surface area contributed by atoms with E-state index in [0.717, 1.165) is 24.2 Å². The third-order valence-electron chi connectivity index (χ3n) is 3.55. The first-order valence-electron chi connectivity index (χ1n) is 6.45. The lowest BCUT2D eigenvalue weighted by Crippen LogP contribution is -2.03. The van der Waals surface area contributed by atoms with Crippen molar-refractivity contribution in [3.8, 4) is 17.2 Å². The molecule has 102 valence electrons. The van der Waals surface area contributed by atoms with Crippen LogP contribution < -0.4 is 9.47 Å². The quantitative estimate of drug-likeness (QED) is 0.927. The first-order chi connectivity index (χ1) is 9.72. The van der Waals surface area contributed by atoms with Gasteiger partial charge in [0.15, 0.2) is 17.2 Å². The second-order valence-electron chi connectivity index (χ2n) is 4.98. The van der Waals surface area contributed by atoms with Crippen LogP contribution in [0.5, 0.6) is 11.5 Å². The largest absolute Gasteiger partial charge is 0.476 e. The monoisotopic (exact) mass is 272 g/mol. The molecule has 1 saturated carbocycles. The highest BCUT2D eigenvalue weighted by Gasteiger charge is 2.30. The number of rotatable bonds is 3. The summed E-state index contributed by atoms with van der Waals surface area (Å²) < 4.78 is 12.3. The molecule has 6 nitrogen and oxygen atoms in total. The molecular weight excluding hydrogens is 260 g/mol. The number of carboxylic acids is 1. The lowest BCUT2D eigenvalue weighted by Gasteiger charge is -2.07. The van der Waals surface area contributed by atoms with E-state index in [0.29, 0.717) is 17.4 Å². The second-order valence-corrected chi connectivity index (χ2v) is 4.98. The molecule has 1 aromatic heterocycles. The Hall–Kier alpha value is -2.50. The minimum absolute atomic E-state index is 0.0737. The van der Waals surface area contributed by atoms with Gasteiger partial charge >= 0.3 is 5.97 Å². The Morgan fingerprint density at radius 3 is 2.80 bits per heavy atom. The summed E-state index contributed by atoms with van der Waals surface area (Å²) in [6.45, 7) is 0.216. The molecule has 0 saturated heterocycles. The highest BCUT2D eigenvalue weighted by Crippen LogP contribution is 2.42. The highest BCUT2D eigenvalue weighted by molar-refractivity contribution is 5.85. The highest BCUT2D eigenvalue weighted by atomic mass is 16.7. The molecule has 20 heavy (non-hydrogen) atoms. The second kappa shape index (κ2) is 4.00. The third kappa shape index (κ3) is 1.72. The van der Waals surface area contributed by atoms with Gasteiger partial charge in [-0.2, -0.15) is 5.10 Å². The van der Waals surface area contributed by atoms with Gasteiger partial charge in [-0.15, -0.1) is 0 Å². The van der Waals surface area contributed by atoms with Crippen molar-refractivity contribution in [1.29, 1.82) is 0 Å². The number of fused-ring (bicyclic) bond motifs is 1. The van der Waals surface area contributed by atoms with E-state index in [2.05, 4.69) is 5.10 Å². The van der Waals surface area contributed by atoms with E-state index in [1.807, 2.05) is 18.2 Å². The van der Waals surface area contributed by atoms with Crippen molar-refractivity contribution in [2.75, 3.05) is 6.79 Å². The van der Waals surface area contributed by atoms with Crippen LogP contribution in [0.4, 0.5) is 0 Å². The van der Waals surface area contributed by atoms with Gasteiger partial charge in [-0.25, -0.2) is 9.48 Å². The van der Waals surface area contributed by atoms with E-state index in [4.69, 9.17) is 14.6 Å². The summed E-state index contributed by atoms with van der Waals surface area (Å²) in [4.78, 5) is 11.1. The van der Waals surface area contributed by atoms with Crippen LogP contribution >= 0.6 is 0 Å². The van der Waals surface area contributed by atoms with Crippen LogP contribution in [0.25, 0.3) is 5.69 Å². The smallest absolute Gasteiger partial charge is 0.356 e.